The maximum Gasteiger partial charge on any atom is 0.335 e. The van der Waals surface area contributed by atoms with Crippen LogP contribution in [-0.4, -0.2) is 69.4 Å². The second-order valence-electron chi connectivity index (χ2n) is 12.6. The van der Waals surface area contributed by atoms with Crippen LogP contribution >= 0.6 is 11.6 Å². The second kappa shape index (κ2) is 12.3. The molecule has 9 nitrogen and oxygen atoms in total. The van der Waals surface area contributed by atoms with E-state index in [1.807, 2.05) is 18.2 Å². The summed E-state index contributed by atoms with van der Waals surface area (Å²) in [5, 5.41) is 13.5. The molecule has 2 aromatic heterocycles. The summed E-state index contributed by atoms with van der Waals surface area (Å²) in [7, 11) is 0. The monoisotopic (exact) mass is 620 g/mol. The van der Waals surface area contributed by atoms with E-state index < -0.39 is 5.97 Å². The fraction of sp³-hybridized carbons (Fsp3) is 0.424. The molecule has 2 fully saturated rings. The molecule has 6 rings (SSSR count). The summed E-state index contributed by atoms with van der Waals surface area (Å²) >= 11 is 5.88. The second-order valence-corrected chi connectivity index (χ2v) is 13.0. The highest BCUT2D eigenvalue weighted by Gasteiger charge is 2.28. The number of halogens is 2. The van der Waals surface area contributed by atoms with E-state index in [-0.39, 0.29) is 22.9 Å². The number of benzene rings is 2. The van der Waals surface area contributed by atoms with Gasteiger partial charge in [0.25, 0.3) is 0 Å². The number of hydrogen-bond donors (Lipinski definition) is 2. The Balaban J connectivity index is 1.17. The minimum atomic E-state index is -0.937. The number of carboxylic acid groups (broad SMARTS) is 1. The molecular formula is C33H38ClFN6O3. The molecule has 1 unspecified atom stereocenters. The number of aromatic carboxylic acids is 1. The molecule has 4 heterocycles. The predicted molar refractivity (Wildman–Crippen MR) is 170 cm³/mol. The minimum Gasteiger partial charge on any atom is -0.478 e. The van der Waals surface area contributed by atoms with E-state index in [0.29, 0.717) is 36.0 Å². The standard InChI is InChI=1S/C33H38ClFN6O3/c1-33(2,3)25-15-22(32(42)43)16-27-31(25)38-30(41(27)19-24-9-14-44-24)20-39-10-12-40(13-11-39)29-6-4-5-28(37-29)36-18-21-7-8-23(34)17-26(21)35/h4-8,15-17,24H,9-14,18-20H2,1-3H3,(H,36,37)(H,42,43). The highest BCUT2D eigenvalue weighted by Crippen LogP contribution is 2.33. The first-order valence-corrected chi connectivity index (χ1v) is 15.4. The summed E-state index contributed by atoms with van der Waals surface area (Å²) in [5.74, 6) is 1.20. The van der Waals surface area contributed by atoms with Crippen LogP contribution in [0.5, 0.6) is 0 Å². The smallest absolute Gasteiger partial charge is 0.335 e. The van der Waals surface area contributed by atoms with Crippen LogP contribution < -0.4 is 10.2 Å². The molecule has 0 bridgehead atoms. The summed E-state index contributed by atoms with van der Waals surface area (Å²) in [5.41, 5.74) is 3.19. The lowest BCUT2D eigenvalue weighted by Crippen LogP contribution is -2.46. The van der Waals surface area contributed by atoms with E-state index in [0.717, 1.165) is 67.4 Å². The lowest BCUT2D eigenvalue weighted by Gasteiger charge is -2.35. The summed E-state index contributed by atoms with van der Waals surface area (Å²) < 4.78 is 22.2. The number of piperazine rings is 1. The highest BCUT2D eigenvalue weighted by molar-refractivity contribution is 6.30. The largest absolute Gasteiger partial charge is 0.478 e. The molecule has 0 amide bonds. The Kier molecular flexibility index (Phi) is 8.50. The van der Waals surface area contributed by atoms with Crippen LogP contribution in [-0.2, 0) is 29.8 Å². The average molecular weight is 621 g/mol. The number of ether oxygens (including phenoxy) is 1. The Hall–Kier alpha value is -3.73. The van der Waals surface area contributed by atoms with Gasteiger partial charge in [0, 0.05) is 49.9 Å². The summed E-state index contributed by atoms with van der Waals surface area (Å²) in [6.45, 7) is 11.9. The van der Waals surface area contributed by atoms with Crippen molar-refractivity contribution in [3.63, 3.8) is 0 Å². The van der Waals surface area contributed by atoms with Gasteiger partial charge in [-0.25, -0.2) is 19.2 Å². The Morgan fingerprint density at radius 1 is 1.11 bits per heavy atom. The molecule has 0 radical (unpaired) electrons. The number of hydrogen-bond acceptors (Lipinski definition) is 7. The number of anilines is 2. The number of carboxylic acids is 1. The van der Waals surface area contributed by atoms with Crippen molar-refractivity contribution in [2.45, 2.75) is 58.3 Å². The molecule has 1 atom stereocenters. The molecule has 2 aliphatic heterocycles. The van der Waals surface area contributed by atoms with Gasteiger partial charge < -0.3 is 24.6 Å². The van der Waals surface area contributed by atoms with Gasteiger partial charge in [0.05, 0.1) is 35.8 Å². The zero-order valence-corrected chi connectivity index (χ0v) is 26.1. The molecule has 2 N–H and O–H groups in total. The molecule has 2 aliphatic rings. The zero-order valence-electron chi connectivity index (χ0n) is 25.3. The van der Waals surface area contributed by atoms with Gasteiger partial charge in [-0.2, -0.15) is 0 Å². The molecule has 232 valence electrons. The molecule has 44 heavy (non-hydrogen) atoms. The van der Waals surface area contributed by atoms with Crippen LogP contribution in [0.25, 0.3) is 11.0 Å². The summed E-state index contributed by atoms with van der Waals surface area (Å²) in [4.78, 5) is 26.6. The van der Waals surface area contributed by atoms with Crippen molar-refractivity contribution in [3.8, 4) is 0 Å². The van der Waals surface area contributed by atoms with E-state index >= 15 is 0 Å². The third-order valence-corrected chi connectivity index (χ3v) is 8.67. The molecule has 4 aromatic rings. The maximum atomic E-state index is 14.2. The molecule has 0 spiro atoms. The number of pyridine rings is 1. The van der Waals surface area contributed by atoms with Crippen molar-refractivity contribution >= 4 is 40.2 Å². The van der Waals surface area contributed by atoms with E-state index in [4.69, 9.17) is 26.3 Å². The minimum absolute atomic E-state index is 0.109. The number of rotatable bonds is 9. The maximum absolute atomic E-state index is 14.2. The SMILES string of the molecule is CC(C)(C)c1cc(C(=O)O)cc2c1nc(CN1CCN(c3cccc(NCc4ccc(Cl)cc4F)n3)CC1)n2CC1CCO1. The third kappa shape index (κ3) is 6.52. The number of carbonyl (C=O) groups is 1. The van der Waals surface area contributed by atoms with Crippen molar-refractivity contribution in [1.82, 2.24) is 19.4 Å². The first-order chi connectivity index (χ1) is 21.0. The molecule has 2 aromatic carbocycles. The number of nitrogens with one attached hydrogen (secondary N) is 1. The summed E-state index contributed by atoms with van der Waals surface area (Å²) in [6.07, 6.45) is 1.09. The van der Waals surface area contributed by atoms with E-state index in [9.17, 15) is 14.3 Å². The Morgan fingerprint density at radius 2 is 1.89 bits per heavy atom. The Labute approximate surface area is 261 Å². The third-order valence-electron chi connectivity index (χ3n) is 8.44. The van der Waals surface area contributed by atoms with E-state index in [1.54, 1.807) is 24.3 Å². The topological polar surface area (TPSA) is 95.8 Å². The zero-order chi connectivity index (χ0) is 31.0. The van der Waals surface area contributed by atoms with Crippen molar-refractivity contribution in [2.75, 3.05) is 43.0 Å². The highest BCUT2D eigenvalue weighted by atomic mass is 35.5. The van der Waals surface area contributed by atoms with Gasteiger partial charge in [0.1, 0.15) is 23.3 Å². The van der Waals surface area contributed by atoms with Crippen molar-refractivity contribution in [2.24, 2.45) is 0 Å². The van der Waals surface area contributed by atoms with Crippen molar-refractivity contribution in [1.29, 1.82) is 0 Å². The molecule has 2 saturated heterocycles. The van der Waals surface area contributed by atoms with E-state index in [1.165, 1.54) is 6.07 Å². The fourth-order valence-electron chi connectivity index (χ4n) is 5.81. The predicted octanol–water partition coefficient (Wildman–Crippen LogP) is 5.94. The molecule has 0 saturated carbocycles. The lowest BCUT2D eigenvalue weighted by atomic mass is 9.85. The molecular weight excluding hydrogens is 583 g/mol. The van der Waals surface area contributed by atoms with Gasteiger partial charge in [-0.05, 0) is 53.8 Å². The van der Waals surface area contributed by atoms with Crippen LogP contribution in [0.3, 0.4) is 0 Å². The first-order valence-electron chi connectivity index (χ1n) is 15.1. The lowest BCUT2D eigenvalue weighted by molar-refractivity contribution is -0.0592. The quantitative estimate of drug-likeness (QED) is 0.237. The Morgan fingerprint density at radius 3 is 2.55 bits per heavy atom. The fourth-order valence-corrected chi connectivity index (χ4v) is 5.97. The van der Waals surface area contributed by atoms with Crippen LogP contribution in [0.15, 0.2) is 48.5 Å². The molecule has 0 aliphatic carbocycles. The van der Waals surface area contributed by atoms with E-state index in [2.05, 4.69) is 40.5 Å². The Bertz CT molecular complexity index is 1670. The van der Waals surface area contributed by atoms with Crippen molar-refractivity contribution in [3.05, 3.63) is 81.9 Å². The van der Waals surface area contributed by atoms with Gasteiger partial charge in [-0.3, -0.25) is 4.90 Å². The number of fused-ring (bicyclic) bond motifs is 1. The first kappa shape index (κ1) is 30.3. The van der Waals surface area contributed by atoms with Crippen LogP contribution in [0, 0.1) is 5.82 Å². The van der Waals surface area contributed by atoms with Gasteiger partial charge >= 0.3 is 5.97 Å². The van der Waals surface area contributed by atoms with Gasteiger partial charge in [-0.15, -0.1) is 0 Å². The number of imidazole rings is 1. The summed E-state index contributed by atoms with van der Waals surface area (Å²) in [6, 6.07) is 14.0. The number of nitrogens with zero attached hydrogens (tertiary/aromatic N) is 5. The normalized spacial score (nSPS) is 17.6. The average Bonchev–Trinajstić information content (AvgIpc) is 3.30. The molecule has 11 heteroatoms. The van der Waals surface area contributed by atoms with Crippen LogP contribution in [0.1, 0.15) is 54.5 Å². The van der Waals surface area contributed by atoms with Crippen LogP contribution in [0.2, 0.25) is 5.02 Å². The van der Waals surface area contributed by atoms with Crippen LogP contribution in [0.4, 0.5) is 16.0 Å². The van der Waals surface area contributed by atoms with Gasteiger partial charge in [-0.1, -0.05) is 44.5 Å². The van der Waals surface area contributed by atoms with Gasteiger partial charge in [0.2, 0.25) is 0 Å². The number of aromatic nitrogens is 3. The van der Waals surface area contributed by atoms with Gasteiger partial charge in [0.15, 0.2) is 0 Å². The van der Waals surface area contributed by atoms with Crippen molar-refractivity contribution < 1.29 is 19.0 Å².